The van der Waals surface area contributed by atoms with Gasteiger partial charge in [0.1, 0.15) is 19.0 Å². The summed E-state index contributed by atoms with van der Waals surface area (Å²) in [5.74, 6) is -1.76. The van der Waals surface area contributed by atoms with E-state index in [9.17, 15) is 14.4 Å². The minimum absolute atomic E-state index is 0.206. The van der Waals surface area contributed by atoms with Gasteiger partial charge in [0, 0.05) is 20.8 Å². The van der Waals surface area contributed by atoms with Gasteiger partial charge in [0.2, 0.25) is 0 Å². The molecule has 2 aromatic heterocycles. The van der Waals surface area contributed by atoms with Gasteiger partial charge in [-0.25, -0.2) is 9.97 Å². The Bertz CT molecular complexity index is 914. The van der Waals surface area contributed by atoms with Crippen LogP contribution in [0.3, 0.4) is 0 Å². The molecule has 3 heterocycles. The number of carbonyl (C=O) groups excluding carboxylic acids is 3. The Labute approximate surface area is 159 Å². The van der Waals surface area contributed by atoms with Crippen molar-refractivity contribution in [3.63, 3.8) is 0 Å². The highest BCUT2D eigenvalue weighted by Gasteiger charge is 2.51. The van der Waals surface area contributed by atoms with E-state index in [0.29, 0.717) is 16.9 Å². The Morgan fingerprint density at radius 1 is 1.07 bits per heavy atom. The molecule has 1 saturated heterocycles. The summed E-state index contributed by atoms with van der Waals surface area (Å²) < 4.78 is 22.9. The van der Waals surface area contributed by atoms with Gasteiger partial charge in [-0.1, -0.05) is 5.21 Å². The van der Waals surface area contributed by atoms with Crippen molar-refractivity contribution in [1.29, 1.82) is 0 Å². The molecule has 0 spiro atoms. The van der Waals surface area contributed by atoms with E-state index >= 15 is 0 Å². The van der Waals surface area contributed by atoms with Crippen LogP contribution in [0.15, 0.2) is 6.33 Å². The average molecular weight is 393 g/mol. The molecule has 0 radical (unpaired) electrons. The second-order valence-corrected chi connectivity index (χ2v) is 6.18. The van der Waals surface area contributed by atoms with Crippen molar-refractivity contribution in [3.8, 4) is 0 Å². The average Bonchev–Trinajstić information content (AvgIpc) is 3.16. The number of rotatable bonds is 5. The topological polar surface area (TPSA) is 145 Å². The van der Waals surface area contributed by atoms with E-state index in [-0.39, 0.29) is 6.61 Å². The predicted molar refractivity (Wildman–Crippen MR) is 89.5 cm³/mol. The Kier molecular flexibility index (Phi) is 5.49. The number of esters is 3. The third kappa shape index (κ3) is 3.91. The Morgan fingerprint density at radius 3 is 2.39 bits per heavy atom. The van der Waals surface area contributed by atoms with Crippen molar-refractivity contribution in [3.05, 3.63) is 12.0 Å². The zero-order valence-electron chi connectivity index (χ0n) is 15.7. The van der Waals surface area contributed by atoms with Crippen LogP contribution in [0.5, 0.6) is 0 Å². The molecule has 12 nitrogen and oxygen atoms in total. The summed E-state index contributed by atoms with van der Waals surface area (Å²) in [5, 5.41) is 8.07. The summed E-state index contributed by atoms with van der Waals surface area (Å²) in [6, 6.07) is 0. The van der Waals surface area contributed by atoms with Gasteiger partial charge in [-0.3, -0.25) is 14.4 Å². The lowest BCUT2D eigenvalue weighted by atomic mass is 10.1. The molecule has 150 valence electrons. The first-order valence-electron chi connectivity index (χ1n) is 8.43. The molecule has 12 heteroatoms. The molecule has 0 aliphatic carbocycles. The molecule has 1 fully saturated rings. The highest BCUT2D eigenvalue weighted by molar-refractivity contribution is 5.72. The molecule has 3 rings (SSSR count). The molecule has 1 aliphatic rings. The van der Waals surface area contributed by atoms with E-state index in [1.807, 2.05) is 0 Å². The fraction of sp³-hybridized carbons (Fsp3) is 0.562. The SMILES string of the molecule is CC(=O)OC[C@H]1O[C@@H](n2nnc3c(C)ncnc32)[C@H](OC(C)=O)[C@@H]1OC(C)=O. The fourth-order valence-electron chi connectivity index (χ4n) is 2.94. The molecule has 2 aromatic rings. The van der Waals surface area contributed by atoms with E-state index in [2.05, 4.69) is 20.3 Å². The summed E-state index contributed by atoms with van der Waals surface area (Å²) >= 11 is 0. The van der Waals surface area contributed by atoms with Gasteiger partial charge in [0.15, 0.2) is 29.6 Å². The lowest BCUT2D eigenvalue weighted by molar-refractivity contribution is -0.166. The molecule has 0 saturated carbocycles. The molecule has 4 atom stereocenters. The van der Waals surface area contributed by atoms with Crippen molar-refractivity contribution >= 4 is 29.1 Å². The predicted octanol–water partition coefficient (Wildman–Crippen LogP) is -0.146. The van der Waals surface area contributed by atoms with Crippen LogP contribution in [0.2, 0.25) is 0 Å². The van der Waals surface area contributed by atoms with Gasteiger partial charge in [0.25, 0.3) is 0 Å². The fourth-order valence-corrected chi connectivity index (χ4v) is 2.94. The second-order valence-electron chi connectivity index (χ2n) is 6.18. The molecule has 0 unspecified atom stereocenters. The van der Waals surface area contributed by atoms with Gasteiger partial charge in [-0.05, 0) is 6.92 Å². The van der Waals surface area contributed by atoms with Crippen LogP contribution in [0.25, 0.3) is 11.2 Å². The third-order valence-corrected chi connectivity index (χ3v) is 4.03. The molecule has 0 amide bonds. The number of aryl methyl sites for hydroxylation is 1. The Balaban J connectivity index is 2.01. The van der Waals surface area contributed by atoms with E-state index in [1.54, 1.807) is 6.92 Å². The Morgan fingerprint density at radius 2 is 1.75 bits per heavy atom. The molecule has 1 aliphatic heterocycles. The highest BCUT2D eigenvalue weighted by Crippen LogP contribution is 2.35. The van der Waals surface area contributed by atoms with E-state index < -0.39 is 42.4 Å². The summed E-state index contributed by atoms with van der Waals surface area (Å²) in [6.45, 7) is 5.20. The normalized spacial score (nSPS) is 24.1. The van der Waals surface area contributed by atoms with E-state index in [4.69, 9.17) is 18.9 Å². The minimum Gasteiger partial charge on any atom is -0.463 e. The smallest absolute Gasteiger partial charge is 0.303 e. The summed E-state index contributed by atoms with van der Waals surface area (Å²) in [7, 11) is 0. The number of carbonyl (C=O) groups is 3. The van der Waals surface area contributed by atoms with Crippen molar-refractivity contribution in [2.24, 2.45) is 0 Å². The molecule has 0 bridgehead atoms. The molecule has 0 N–H and O–H groups in total. The minimum atomic E-state index is -1.05. The van der Waals surface area contributed by atoms with Crippen molar-refractivity contribution in [1.82, 2.24) is 25.0 Å². The summed E-state index contributed by atoms with van der Waals surface area (Å²) in [5.41, 5.74) is 1.40. The third-order valence-electron chi connectivity index (χ3n) is 4.03. The number of aromatic nitrogens is 5. The van der Waals surface area contributed by atoms with Crippen LogP contribution in [-0.2, 0) is 33.3 Å². The van der Waals surface area contributed by atoms with Crippen LogP contribution in [0.4, 0.5) is 0 Å². The molecule has 28 heavy (non-hydrogen) atoms. The van der Waals surface area contributed by atoms with Gasteiger partial charge < -0.3 is 18.9 Å². The quantitative estimate of drug-likeness (QED) is 0.494. The lowest BCUT2D eigenvalue weighted by Crippen LogP contribution is -2.40. The van der Waals surface area contributed by atoms with E-state index in [0.717, 1.165) is 0 Å². The van der Waals surface area contributed by atoms with Crippen molar-refractivity contribution < 1.29 is 33.3 Å². The maximum Gasteiger partial charge on any atom is 0.303 e. The molecular weight excluding hydrogens is 374 g/mol. The number of hydrogen-bond donors (Lipinski definition) is 0. The molecule has 0 aromatic carbocycles. The van der Waals surface area contributed by atoms with Crippen molar-refractivity contribution in [2.75, 3.05) is 6.61 Å². The first-order chi connectivity index (χ1) is 13.3. The van der Waals surface area contributed by atoms with Crippen LogP contribution in [-0.4, -0.2) is 67.8 Å². The number of nitrogens with zero attached hydrogens (tertiary/aromatic N) is 5. The van der Waals surface area contributed by atoms with Gasteiger partial charge in [-0.2, -0.15) is 4.68 Å². The maximum absolute atomic E-state index is 11.7. The summed E-state index contributed by atoms with van der Waals surface area (Å²) in [4.78, 5) is 42.7. The first kappa shape index (κ1) is 19.6. The number of ether oxygens (including phenoxy) is 4. The van der Waals surface area contributed by atoms with Gasteiger partial charge >= 0.3 is 17.9 Å². The second kappa shape index (κ2) is 7.84. The van der Waals surface area contributed by atoms with Gasteiger partial charge in [0.05, 0.1) is 5.69 Å². The zero-order chi connectivity index (χ0) is 20.4. The van der Waals surface area contributed by atoms with Crippen LogP contribution in [0, 0.1) is 6.92 Å². The highest BCUT2D eigenvalue weighted by atomic mass is 16.7. The Hall–Kier alpha value is -3.15. The molecular formula is C16H19N5O7. The van der Waals surface area contributed by atoms with Crippen LogP contribution in [0.1, 0.15) is 32.7 Å². The van der Waals surface area contributed by atoms with Crippen molar-refractivity contribution in [2.45, 2.75) is 52.2 Å². The zero-order valence-corrected chi connectivity index (χ0v) is 15.7. The largest absolute Gasteiger partial charge is 0.463 e. The van der Waals surface area contributed by atoms with E-state index in [1.165, 1.54) is 31.8 Å². The maximum atomic E-state index is 11.7. The summed E-state index contributed by atoms with van der Waals surface area (Å²) in [6.07, 6.45) is -2.62. The number of hydrogen-bond acceptors (Lipinski definition) is 11. The monoisotopic (exact) mass is 393 g/mol. The number of fused-ring (bicyclic) bond motifs is 1. The first-order valence-corrected chi connectivity index (χ1v) is 8.43. The van der Waals surface area contributed by atoms with Crippen LogP contribution >= 0.6 is 0 Å². The lowest BCUT2D eigenvalue weighted by Gasteiger charge is -2.23. The van der Waals surface area contributed by atoms with Gasteiger partial charge in [-0.15, -0.1) is 5.10 Å². The standard InChI is InChI=1S/C16H19N5O7/c1-7-12-15(18-6-17-7)21(20-19-12)16-14(27-10(4)24)13(26-9(3)23)11(28-16)5-25-8(2)22/h6,11,13-14,16H,5H2,1-4H3/t11-,13-,14-,16-/m1/s1. The van der Waals surface area contributed by atoms with Crippen LogP contribution < -0.4 is 0 Å².